The zero-order valence-corrected chi connectivity index (χ0v) is 5.73. The minimum atomic E-state index is -2.75. The summed E-state index contributed by atoms with van der Waals surface area (Å²) >= 11 is 0. The highest BCUT2D eigenvalue weighted by Crippen LogP contribution is 2.36. The summed E-state index contributed by atoms with van der Waals surface area (Å²) in [5.74, 6) is -2.75. The lowest BCUT2D eigenvalue weighted by Crippen LogP contribution is -2.29. The molecule has 0 saturated carbocycles. The van der Waals surface area contributed by atoms with E-state index in [0.717, 1.165) is 0 Å². The van der Waals surface area contributed by atoms with Gasteiger partial charge in [-0.05, 0) is 6.92 Å². The molecule has 0 spiro atoms. The molecule has 1 atom stereocenters. The van der Waals surface area contributed by atoms with Crippen LogP contribution in [-0.2, 0) is 4.74 Å². The van der Waals surface area contributed by atoms with Gasteiger partial charge >= 0.3 is 0 Å². The molecule has 0 aromatic heterocycles. The molecule has 1 aliphatic heterocycles. The Labute approximate surface area is 57.8 Å². The molecule has 0 aliphatic carbocycles. The summed E-state index contributed by atoms with van der Waals surface area (Å²) in [6.45, 7) is 0.570. The maximum Gasteiger partial charge on any atom is 0.273 e. The second-order valence-electron chi connectivity index (χ2n) is 2.93. The van der Waals surface area contributed by atoms with Crippen molar-refractivity contribution < 1.29 is 18.6 Å². The van der Waals surface area contributed by atoms with Crippen LogP contribution in [0.1, 0.15) is 13.3 Å². The molecule has 1 heterocycles. The van der Waals surface area contributed by atoms with Crippen molar-refractivity contribution >= 4 is 0 Å². The monoisotopic (exact) mass is 152 g/mol. The Kier molecular flexibility index (Phi) is 1.68. The first-order chi connectivity index (χ1) is 4.47. The Morgan fingerprint density at radius 2 is 2.20 bits per heavy atom. The number of aliphatic hydroxyl groups excluding tert-OH is 1. The van der Waals surface area contributed by atoms with Crippen molar-refractivity contribution in [2.45, 2.75) is 24.9 Å². The van der Waals surface area contributed by atoms with Crippen LogP contribution in [0, 0.1) is 0 Å². The Morgan fingerprint density at radius 1 is 1.60 bits per heavy atom. The van der Waals surface area contributed by atoms with Gasteiger partial charge in [0.2, 0.25) is 0 Å². The molecule has 1 unspecified atom stereocenters. The van der Waals surface area contributed by atoms with E-state index >= 15 is 0 Å². The molecular weight excluding hydrogens is 142 g/mol. The van der Waals surface area contributed by atoms with Crippen LogP contribution in [0.3, 0.4) is 0 Å². The Morgan fingerprint density at radius 3 is 2.40 bits per heavy atom. The van der Waals surface area contributed by atoms with E-state index in [1.54, 1.807) is 0 Å². The van der Waals surface area contributed by atoms with Gasteiger partial charge in [0, 0.05) is 6.42 Å². The molecule has 1 fully saturated rings. The van der Waals surface area contributed by atoms with Gasteiger partial charge in [-0.2, -0.15) is 0 Å². The fraction of sp³-hybridized carbons (Fsp3) is 1.00. The van der Waals surface area contributed by atoms with Crippen LogP contribution in [0.2, 0.25) is 0 Å². The highest BCUT2D eigenvalue weighted by Gasteiger charge is 2.47. The minimum absolute atomic E-state index is 0.345. The fourth-order valence-corrected chi connectivity index (χ4v) is 1.03. The van der Waals surface area contributed by atoms with Crippen molar-refractivity contribution in [2.24, 2.45) is 0 Å². The average Bonchev–Trinajstić information content (AvgIpc) is 2.08. The number of ether oxygens (including phenoxy) is 1. The lowest BCUT2D eigenvalue weighted by molar-refractivity contribution is -0.0362. The molecule has 0 amide bonds. The second-order valence-corrected chi connectivity index (χ2v) is 2.93. The largest absolute Gasteiger partial charge is 0.393 e. The second kappa shape index (κ2) is 2.13. The zero-order chi connectivity index (χ0) is 7.83. The number of alkyl halides is 2. The van der Waals surface area contributed by atoms with Crippen molar-refractivity contribution in [3.8, 4) is 0 Å². The quantitative estimate of drug-likeness (QED) is 0.602. The van der Waals surface area contributed by atoms with E-state index < -0.39 is 18.1 Å². The van der Waals surface area contributed by atoms with Crippen molar-refractivity contribution in [1.29, 1.82) is 0 Å². The topological polar surface area (TPSA) is 29.5 Å². The zero-order valence-electron chi connectivity index (χ0n) is 5.73. The molecule has 0 aromatic carbocycles. The van der Waals surface area contributed by atoms with Crippen LogP contribution in [0.15, 0.2) is 0 Å². The van der Waals surface area contributed by atoms with E-state index in [4.69, 9.17) is 9.84 Å². The van der Waals surface area contributed by atoms with Crippen molar-refractivity contribution in [2.75, 3.05) is 13.2 Å². The summed E-state index contributed by atoms with van der Waals surface area (Å²) in [7, 11) is 0. The molecular formula is C6H10F2O2. The Bertz CT molecular complexity index is 138. The van der Waals surface area contributed by atoms with Gasteiger partial charge in [0.25, 0.3) is 5.92 Å². The minimum Gasteiger partial charge on any atom is -0.393 e. The predicted molar refractivity (Wildman–Crippen MR) is 31.0 cm³/mol. The van der Waals surface area contributed by atoms with E-state index in [9.17, 15) is 8.78 Å². The van der Waals surface area contributed by atoms with Gasteiger partial charge in [-0.3, -0.25) is 0 Å². The molecule has 0 bridgehead atoms. The summed E-state index contributed by atoms with van der Waals surface area (Å²) in [5.41, 5.74) is -1.02. The number of hydrogen-bond acceptors (Lipinski definition) is 2. The SMILES string of the molecule is CC1(CO)CC(F)(F)CO1. The fourth-order valence-electron chi connectivity index (χ4n) is 1.03. The van der Waals surface area contributed by atoms with Crippen molar-refractivity contribution in [3.63, 3.8) is 0 Å². The van der Waals surface area contributed by atoms with Crippen LogP contribution in [-0.4, -0.2) is 29.8 Å². The van der Waals surface area contributed by atoms with Gasteiger partial charge in [-0.15, -0.1) is 0 Å². The molecule has 60 valence electrons. The summed E-state index contributed by atoms with van der Waals surface area (Å²) in [4.78, 5) is 0. The van der Waals surface area contributed by atoms with Gasteiger partial charge in [0.15, 0.2) is 0 Å². The van der Waals surface area contributed by atoms with Crippen LogP contribution >= 0.6 is 0 Å². The van der Waals surface area contributed by atoms with Crippen LogP contribution < -0.4 is 0 Å². The number of hydrogen-bond donors (Lipinski definition) is 1. The van der Waals surface area contributed by atoms with Crippen LogP contribution in [0.4, 0.5) is 8.78 Å². The smallest absolute Gasteiger partial charge is 0.273 e. The third-order valence-electron chi connectivity index (χ3n) is 1.60. The molecule has 0 radical (unpaired) electrons. The number of aliphatic hydroxyl groups is 1. The highest BCUT2D eigenvalue weighted by molar-refractivity contribution is 4.89. The third-order valence-corrected chi connectivity index (χ3v) is 1.60. The lowest BCUT2D eigenvalue weighted by atomic mass is 10.0. The molecule has 10 heavy (non-hydrogen) atoms. The Hall–Kier alpha value is -0.220. The predicted octanol–water partition coefficient (Wildman–Crippen LogP) is 0.793. The van der Waals surface area contributed by atoms with Gasteiger partial charge in [0.05, 0.1) is 12.2 Å². The molecule has 1 aliphatic rings. The molecule has 4 heteroatoms. The van der Waals surface area contributed by atoms with Gasteiger partial charge in [-0.25, -0.2) is 8.78 Å². The summed E-state index contributed by atoms with van der Waals surface area (Å²) in [6.07, 6.45) is -0.378. The number of halogens is 2. The maximum atomic E-state index is 12.4. The van der Waals surface area contributed by atoms with E-state index in [-0.39, 0.29) is 13.0 Å². The third kappa shape index (κ3) is 1.44. The Balaban J connectivity index is 2.57. The van der Waals surface area contributed by atoms with Crippen molar-refractivity contribution in [1.82, 2.24) is 0 Å². The standard InChI is InChI=1S/C6H10F2O2/c1-5(3-9)2-6(7,8)4-10-5/h9H,2-4H2,1H3. The summed E-state index contributed by atoms with van der Waals surface area (Å²) < 4.78 is 29.5. The van der Waals surface area contributed by atoms with E-state index in [2.05, 4.69) is 0 Å². The van der Waals surface area contributed by atoms with Crippen LogP contribution in [0.25, 0.3) is 0 Å². The summed E-state index contributed by atoms with van der Waals surface area (Å²) in [6, 6.07) is 0. The van der Waals surface area contributed by atoms with Gasteiger partial charge < -0.3 is 9.84 Å². The van der Waals surface area contributed by atoms with E-state index in [1.165, 1.54) is 6.92 Å². The molecule has 0 aromatic rings. The highest BCUT2D eigenvalue weighted by atomic mass is 19.3. The molecule has 2 nitrogen and oxygen atoms in total. The van der Waals surface area contributed by atoms with Gasteiger partial charge in [-0.1, -0.05) is 0 Å². The molecule has 1 N–H and O–H groups in total. The molecule has 1 rings (SSSR count). The van der Waals surface area contributed by atoms with Crippen LogP contribution in [0.5, 0.6) is 0 Å². The lowest BCUT2D eigenvalue weighted by Gasteiger charge is -2.18. The number of rotatable bonds is 1. The van der Waals surface area contributed by atoms with Gasteiger partial charge in [0.1, 0.15) is 6.61 Å². The average molecular weight is 152 g/mol. The van der Waals surface area contributed by atoms with Crippen molar-refractivity contribution in [3.05, 3.63) is 0 Å². The van der Waals surface area contributed by atoms with E-state index in [1.807, 2.05) is 0 Å². The first-order valence-electron chi connectivity index (χ1n) is 3.10. The normalized spacial score (nSPS) is 38.4. The molecule has 1 saturated heterocycles. The van der Waals surface area contributed by atoms with E-state index in [0.29, 0.717) is 0 Å². The maximum absolute atomic E-state index is 12.4. The first-order valence-corrected chi connectivity index (χ1v) is 3.10. The summed E-state index contributed by atoms with van der Waals surface area (Å²) in [5, 5.41) is 8.60. The first kappa shape index (κ1) is 7.88.